The highest BCUT2D eigenvalue weighted by molar-refractivity contribution is 6.21. The van der Waals surface area contributed by atoms with E-state index in [0.29, 0.717) is 17.7 Å². The Labute approximate surface area is 138 Å². The normalized spacial score (nSPS) is 18.0. The third kappa shape index (κ3) is 3.81. The van der Waals surface area contributed by atoms with Gasteiger partial charge in [-0.3, -0.25) is 14.5 Å². The standard InChI is InChI=1S/C19H26N2O2/c22-18-16-10-4-5-11-17(16)19(23)21(18)15-7-3-1-2-6-12-20-13-8-9-14-20/h4-5,10-11H,1-3,6-9,12-15H2. The second kappa shape index (κ2) is 7.73. The lowest BCUT2D eigenvalue weighted by molar-refractivity contribution is 0.0651. The highest BCUT2D eigenvalue weighted by Crippen LogP contribution is 2.22. The summed E-state index contributed by atoms with van der Waals surface area (Å²) in [5.74, 6) is -0.251. The number of fused-ring (bicyclic) bond motifs is 1. The first kappa shape index (κ1) is 16.2. The summed E-state index contributed by atoms with van der Waals surface area (Å²) in [6.45, 7) is 4.34. The van der Waals surface area contributed by atoms with Gasteiger partial charge in [0.05, 0.1) is 11.1 Å². The van der Waals surface area contributed by atoms with E-state index in [1.54, 1.807) is 12.1 Å². The monoisotopic (exact) mass is 314 g/mol. The minimum absolute atomic E-state index is 0.125. The van der Waals surface area contributed by atoms with Crippen molar-refractivity contribution in [1.82, 2.24) is 9.80 Å². The van der Waals surface area contributed by atoms with Gasteiger partial charge in [-0.25, -0.2) is 0 Å². The lowest BCUT2D eigenvalue weighted by Gasteiger charge is -2.15. The molecule has 1 saturated heterocycles. The van der Waals surface area contributed by atoms with Crippen LogP contribution < -0.4 is 0 Å². The van der Waals surface area contributed by atoms with Gasteiger partial charge in [-0.05, 0) is 57.5 Å². The Kier molecular flexibility index (Phi) is 5.44. The Morgan fingerprint density at radius 1 is 0.739 bits per heavy atom. The maximum absolute atomic E-state index is 12.2. The van der Waals surface area contributed by atoms with E-state index >= 15 is 0 Å². The van der Waals surface area contributed by atoms with Crippen LogP contribution in [-0.4, -0.2) is 47.8 Å². The molecule has 0 aliphatic carbocycles. The fourth-order valence-electron chi connectivity index (χ4n) is 3.58. The summed E-state index contributed by atoms with van der Waals surface area (Å²) < 4.78 is 0. The first-order valence-corrected chi connectivity index (χ1v) is 8.95. The molecular formula is C19H26N2O2. The number of hydrogen-bond donors (Lipinski definition) is 0. The molecule has 1 fully saturated rings. The summed E-state index contributed by atoms with van der Waals surface area (Å²) in [6, 6.07) is 7.11. The molecule has 0 spiro atoms. The molecule has 23 heavy (non-hydrogen) atoms. The molecule has 2 aliphatic heterocycles. The molecule has 0 radical (unpaired) electrons. The Morgan fingerprint density at radius 3 is 1.87 bits per heavy atom. The van der Waals surface area contributed by atoms with Crippen molar-refractivity contribution < 1.29 is 9.59 Å². The summed E-state index contributed by atoms with van der Waals surface area (Å²) in [5.41, 5.74) is 1.12. The summed E-state index contributed by atoms with van der Waals surface area (Å²) in [7, 11) is 0. The predicted molar refractivity (Wildman–Crippen MR) is 90.6 cm³/mol. The largest absolute Gasteiger partial charge is 0.303 e. The zero-order chi connectivity index (χ0) is 16.1. The number of rotatable bonds is 8. The van der Waals surface area contributed by atoms with Crippen molar-refractivity contribution in [2.24, 2.45) is 0 Å². The number of amides is 2. The number of carbonyl (C=O) groups excluding carboxylic acids is 2. The Morgan fingerprint density at radius 2 is 1.26 bits per heavy atom. The first-order chi connectivity index (χ1) is 11.3. The summed E-state index contributed by atoms with van der Waals surface area (Å²) >= 11 is 0. The third-order valence-corrected chi connectivity index (χ3v) is 4.93. The van der Waals surface area contributed by atoms with Gasteiger partial charge in [-0.1, -0.05) is 31.4 Å². The van der Waals surface area contributed by atoms with Crippen molar-refractivity contribution >= 4 is 11.8 Å². The number of likely N-dealkylation sites (tertiary alicyclic amines) is 1. The van der Waals surface area contributed by atoms with Gasteiger partial charge < -0.3 is 4.90 Å². The van der Waals surface area contributed by atoms with Crippen LogP contribution in [0.25, 0.3) is 0 Å². The molecule has 0 saturated carbocycles. The molecular weight excluding hydrogens is 288 g/mol. The molecule has 0 aromatic heterocycles. The fourth-order valence-corrected chi connectivity index (χ4v) is 3.58. The molecule has 2 heterocycles. The topological polar surface area (TPSA) is 40.6 Å². The molecule has 1 aromatic carbocycles. The van der Waals surface area contributed by atoms with Crippen LogP contribution in [0.2, 0.25) is 0 Å². The van der Waals surface area contributed by atoms with Crippen molar-refractivity contribution in [2.45, 2.75) is 44.9 Å². The average Bonchev–Trinajstić information content (AvgIpc) is 3.17. The van der Waals surface area contributed by atoms with Gasteiger partial charge in [0, 0.05) is 6.54 Å². The molecule has 2 amide bonds. The van der Waals surface area contributed by atoms with Crippen molar-refractivity contribution in [3.8, 4) is 0 Å². The van der Waals surface area contributed by atoms with E-state index < -0.39 is 0 Å². The Balaban J connectivity index is 1.32. The lowest BCUT2D eigenvalue weighted by atomic mass is 10.1. The van der Waals surface area contributed by atoms with E-state index in [9.17, 15) is 9.59 Å². The van der Waals surface area contributed by atoms with Crippen LogP contribution in [0.3, 0.4) is 0 Å². The number of carbonyl (C=O) groups is 2. The van der Waals surface area contributed by atoms with E-state index in [4.69, 9.17) is 0 Å². The van der Waals surface area contributed by atoms with Crippen LogP contribution in [-0.2, 0) is 0 Å². The maximum Gasteiger partial charge on any atom is 0.261 e. The van der Waals surface area contributed by atoms with Crippen LogP contribution in [0.5, 0.6) is 0 Å². The van der Waals surface area contributed by atoms with Crippen LogP contribution >= 0.6 is 0 Å². The molecule has 0 bridgehead atoms. The second-order valence-corrected chi connectivity index (χ2v) is 6.62. The van der Waals surface area contributed by atoms with Crippen molar-refractivity contribution in [2.75, 3.05) is 26.2 Å². The molecule has 0 N–H and O–H groups in total. The molecule has 4 nitrogen and oxygen atoms in total. The SMILES string of the molecule is O=C1c2ccccc2C(=O)N1CCCCCCCN1CCCC1. The van der Waals surface area contributed by atoms with Gasteiger partial charge in [0.2, 0.25) is 0 Å². The maximum atomic E-state index is 12.2. The quantitative estimate of drug-likeness (QED) is 0.546. The molecule has 0 atom stereocenters. The van der Waals surface area contributed by atoms with Gasteiger partial charge in [-0.15, -0.1) is 0 Å². The van der Waals surface area contributed by atoms with Crippen molar-refractivity contribution in [1.29, 1.82) is 0 Å². The van der Waals surface area contributed by atoms with Crippen molar-refractivity contribution in [3.63, 3.8) is 0 Å². The molecule has 3 rings (SSSR count). The smallest absolute Gasteiger partial charge is 0.261 e. The fraction of sp³-hybridized carbons (Fsp3) is 0.579. The van der Waals surface area contributed by atoms with E-state index in [0.717, 1.165) is 12.8 Å². The van der Waals surface area contributed by atoms with E-state index in [1.807, 2.05) is 12.1 Å². The first-order valence-electron chi connectivity index (χ1n) is 8.95. The number of benzene rings is 1. The minimum atomic E-state index is -0.125. The van der Waals surface area contributed by atoms with E-state index in [1.165, 1.54) is 56.6 Å². The molecule has 0 unspecified atom stereocenters. The second-order valence-electron chi connectivity index (χ2n) is 6.62. The third-order valence-electron chi connectivity index (χ3n) is 4.93. The Hall–Kier alpha value is -1.68. The predicted octanol–water partition coefficient (Wildman–Crippen LogP) is 3.33. The molecule has 2 aliphatic rings. The lowest BCUT2D eigenvalue weighted by Crippen LogP contribution is -2.30. The van der Waals surface area contributed by atoms with Crippen LogP contribution in [0, 0.1) is 0 Å². The van der Waals surface area contributed by atoms with Gasteiger partial charge in [0.25, 0.3) is 11.8 Å². The van der Waals surface area contributed by atoms with E-state index in [2.05, 4.69) is 4.90 Å². The van der Waals surface area contributed by atoms with Crippen molar-refractivity contribution in [3.05, 3.63) is 35.4 Å². The zero-order valence-electron chi connectivity index (χ0n) is 13.8. The number of unbranched alkanes of at least 4 members (excludes halogenated alkanes) is 4. The van der Waals surface area contributed by atoms with Gasteiger partial charge >= 0.3 is 0 Å². The summed E-state index contributed by atoms with van der Waals surface area (Å²) in [6.07, 6.45) is 8.44. The van der Waals surface area contributed by atoms with Gasteiger partial charge in [0.1, 0.15) is 0 Å². The van der Waals surface area contributed by atoms with Gasteiger partial charge in [-0.2, -0.15) is 0 Å². The minimum Gasteiger partial charge on any atom is -0.303 e. The number of hydrogen-bond acceptors (Lipinski definition) is 3. The van der Waals surface area contributed by atoms with Gasteiger partial charge in [0.15, 0.2) is 0 Å². The zero-order valence-corrected chi connectivity index (χ0v) is 13.8. The summed E-state index contributed by atoms with van der Waals surface area (Å²) in [4.78, 5) is 28.4. The summed E-state index contributed by atoms with van der Waals surface area (Å²) in [5, 5.41) is 0. The highest BCUT2D eigenvalue weighted by Gasteiger charge is 2.34. The molecule has 124 valence electrons. The van der Waals surface area contributed by atoms with Crippen LogP contribution in [0.1, 0.15) is 65.7 Å². The van der Waals surface area contributed by atoms with Crippen LogP contribution in [0.15, 0.2) is 24.3 Å². The Bertz CT molecular complexity index is 529. The van der Waals surface area contributed by atoms with E-state index in [-0.39, 0.29) is 11.8 Å². The molecule has 1 aromatic rings. The van der Waals surface area contributed by atoms with Crippen LogP contribution in [0.4, 0.5) is 0 Å². The number of nitrogens with zero attached hydrogens (tertiary/aromatic N) is 2. The molecule has 4 heteroatoms. The average molecular weight is 314 g/mol. The number of imide groups is 1. The highest BCUT2D eigenvalue weighted by atomic mass is 16.2.